The number of fused-ring (bicyclic) bond motifs is 1. The summed E-state index contributed by atoms with van der Waals surface area (Å²) in [6.45, 7) is 2.05. The van der Waals surface area contributed by atoms with Crippen LogP contribution in [0.3, 0.4) is 0 Å². The molecule has 0 aliphatic carbocycles. The van der Waals surface area contributed by atoms with Crippen LogP contribution in [0.4, 0.5) is 17.5 Å². The summed E-state index contributed by atoms with van der Waals surface area (Å²) in [7, 11) is -3.80. The van der Waals surface area contributed by atoms with Crippen LogP contribution in [0.5, 0.6) is 0 Å². The lowest BCUT2D eigenvalue weighted by atomic mass is 10.0. The van der Waals surface area contributed by atoms with Gasteiger partial charge in [-0.25, -0.2) is 33.1 Å². The van der Waals surface area contributed by atoms with Gasteiger partial charge in [0, 0.05) is 29.0 Å². The summed E-state index contributed by atoms with van der Waals surface area (Å²) < 4.78 is 27.6. The fraction of sp³-hybridized carbons (Fsp3) is 0.0435. The van der Waals surface area contributed by atoms with Crippen LogP contribution in [0.15, 0.2) is 83.6 Å². The maximum absolute atomic E-state index is 12.6. The smallest absolute Gasteiger partial charge is 0.264 e. The molecule has 0 unspecified atom stereocenters. The first-order valence-electron chi connectivity index (χ1n) is 9.96. The average Bonchev–Trinajstić information content (AvgIpc) is 3.26. The molecule has 3 heterocycles. The van der Waals surface area contributed by atoms with Gasteiger partial charge in [-0.2, -0.15) is 0 Å². The Labute approximate surface area is 194 Å². The van der Waals surface area contributed by atoms with E-state index in [9.17, 15) is 8.42 Å². The minimum atomic E-state index is -3.80. The predicted octanol–water partition coefficient (Wildman–Crippen LogP) is 5.00. The van der Waals surface area contributed by atoms with E-state index in [2.05, 4.69) is 66.5 Å². The third kappa shape index (κ3) is 4.38. The number of hydrogen-bond donors (Lipinski definition) is 2. The van der Waals surface area contributed by atoms with E-state index in [0.29, 0.717) is 11.5 Å². The number of benzene rings is 2. The van der Waals surface area contributed by atoms with Gasteiger partial charge in [-0.05, 0) is 42.8 Å². The number of aromatic nitrogens is 4. The van der Waals surface area contributed by atoms with Crippen LogP contribution in [-0.2, 0) is 10.0 Å². The standard InChI is InChI=1S/C23H18N6O2S2/c1-15-3-5-16(6-4-15)19-13-32-22-20(19)21(26-14-27-22)28-17-7-9-18(10-8-17)33(30,31)29-23-24-11-2-12-25-23/h2-14H,1H3,(H,24,25,29)(H,26,27,28). The highest BCUT2D eigenvalue weighted by molar-refractivity contribution is 7.92. The molecular weight excluding hydrogens is 456 g/mol. The Hall–Kier alpha value is -3.89. The maximum atomic E-state index is 12.6. The minimum absolute atomic E-state index is 0.0178. The van der Waals surface area contributed by atoms with Gasteiger partial charge in [-0.3, -0.25) is 0 Å². The molecule has 0 bridgehead atoms. The van der Waals surface area contributed by atoms with Crippen molar-refractivity contribution in [3.05, 3.63) is 84.3 Å². The summed E-state index contributed by atoms with van der Waals surface area (Å²) in [4.78, 5) is 17.6. The first kappa shape index (κ1) is 21.0. The van der Waals surface area contributed by atoms with Crippen molar-refractivity contribution >= 4 is 49.0 Å². The summed E-state index contributed by atoms with van der Waals surface area (Å²) in [6.07, 6.45) is 4.45. The van der Waals surface area contributed by atoms with E-state index >= 15 is 0 Å². The molecule has 0 amide bonds. The highest BCUT2D eigenvalue weighted by atomic mass is 32.2. The number of hydrogen-bond acceptors (Lipinski definition) is 8. The summed E-state index contributed by atoms with van der Waals surface area (Å²) in [5.74, 6) is 0.674. The molecule has 3 aromatic heterocycles. The molecule has 164 valence electrons. The third-order valence-electron chi connectivity index (χ3n) is 4.95. The number of nitrogens with one attached hydrogen (secondary N) is 2. The largest absolute Gasteiger partial charge is 0.340 e. The van der Waals surface area contributed by atoms with Crippen LogP contribution >= 0.6 is 11.3 Å². The molecule has 0 fully saturated rings. The highest BCUT2D eigenvalue weighted by Gasteiger charge is 2.16. The second kappa shape index (κ2) is 8.57. The first-order valence-corrected chi connectivity index (χ1v) is 12.3. The molecule has 5 rings (SSSR count). The lowest BCUT2D eigenvalue weighted by Gasteiger charge is -2.10. The highest BCUT2D eigenvalue weighted by Crippen LogP contribution is 2.37. The Morgan fingerprint density at radius 3 is 2.33 bits per heavy atom. The van der Waals surface area contributed by atoms with Crippen LogP contribution < -0.4 is 10.0 Å². The first-order chi connectivity index (χ1) is 16.0. The van der Waals surface area contributed by atoms with Gasteiger partial charge in [0.1, 0.15) is 17.0 Å². The van der Waals surface area contributed by atoms with Gasteiger partial charge in [-0.1, -0.05) is 29.8 Å². The molecule has 0 aliphatic rings. The Balaban J connectivity index is 1.43. The van der Waals surface area contributed by atoms with Crippen molar-refractivity contribution in [3.8, 4) is 11.1 Å². The number of rotatable bonds is 6. The quantitative estimate of drug-likeness (QED) is 0.356. The number of sulfonamides is 1. The molecule has 0 saturated carbocycles. The zero-order valence-electron chi connectivity index (χ0n) is 17.4. The van der Waals surface area contributed by atoms with Crippen molar-refractivity contribution < 1.29 is 8.42 Å². The Bertz CT molecular complexity index is 1520. The second-order valence-electron chi connectivity index (χ2n) is 7.25. The van der Waals surface area contributed by atoms with Gasteiger partial charge >= 0.3 is 0 Å². The summed E-state index contributed by atoms with van der Waals surface area (Å²) in [6, 6.07) is 16.3. The van der Waals surface area contributed by atoms with E-state index in [1.807, 2.05) is 0 Å². The van der Waals surface area contributed by atoms with Gasteiger partial charge in [-0.15, -0.1) is 11.3 Å². The van der Waals surface area contributed by atoms with Crippen LogP contribution in [0.1, 0.15) is 5.56 Å². The van der Waals surface area contributed by atoms with Gasteiger partial charge in [0.15, 0.2) is 0 Å². The molecule has 0 spiro atoms. The molecule has 5 aromatic rings. The van der Waals surface area contributed by atoms with E-state index < -0.39 is 10.0 Å². The van der Waals surface area contributed by atoms with Crippen molar-refractivity contribution in [2.24, 2.45) is 0 Å². The Morgan fingerprint density at radius 1 is 0.879 bits per heavy atom. The van der Waals surface area contributed by atoms with Crippen molar-refractivity contribution in [1.29, 1.82) is 0 Å². The molecule has 0 radical (unpaired) electrons. The Morgan fingerprint density at radius 2 is 1.61 bits per heavy atom. The van der Waals surface area contributed by atoms with E-state index in [0.717, 1.165) is 21.3 Å². The van der Waals surface area contributed by atoms with Gasteiger partial charge in [0.05, 0.1) is 10.3 Å². The van der Waals surface area contributed by atoms with E-state index in [1.165, 1.54) is 36.4 Å². The molecule has 0 saturated heterocycles. The fourth-order valence-electron chi connectivity index (χ4n) is 3.30. The molecule has 33 heavy (non-hydrogen) atoms. The van der Waals surface area contributed by atoms with E-state index in [1.54, 1.807) is 29.5 Å². The molecule has 10 heteroatoms. The predicted molar refractivity (Wildman–Crippen MR) is 130 cm³/mol. The zero-order valence-corrected chi connectivity index (χ0v) is 19.1. The van der Waals surface area contributed by atoms with Crippen molar-refractivity contribution in [1.82, 2.24) is 19.9 Å². The SMILES string of the molecule is Cc1ccc(-c2csc3ncnc(Nc4ccc(S(=O)(=O)Nc5ncccn5)cc4)c23)cc1. The topological polar surface area (TPSA) is 110 Å². The number of nitrogens with zero attached hydrogens (tertiary/aromatic N) is 4. The average molecular weight is 475 g/mol. The van der Waals surface area contributed by atoms with E-state index in [-0.39, 0.29) is 10.8 Å². The number of anilines is 3. The molecule has 0 atom stereocenters. The summed E-state index contributed by atoms with van der Waals surface area (Å²) in [5.41, 5.74) is 4.02. The van der Waals surface area contributed by atoms with Crippen molar-refractivity contribution in [2.45, 2.75) is 11.8 Å². The molecule has 8 nitrogen and oxygen atoms in total. The molecule has 2 N–H and O–H groups in total. The summed E-state index contributed by atoms with van der Waals surface area (Å²) >= 11 is 1.55. The van der Waals surface area contributed by atoms with Crippen LogP contribution in [0, 0.1) is 6.92 Å². The number of thiophene rings is 1. The molecule has 0 aliphatic heterocycles. The van der Waals surface area contributed by atoms with Gasteiger partial charge in [0.2, 0.25) is 5.95 Å². The van der Waals surface area contributed by atoms with Crippen molar-refractivity contribution in [2.75, 3.05) is 10.0 Å². The fourth-order valence-corrected chi connectivity index (χ4v) is 5.17. The molecule has 2 aromatic carbocycles. The normalized spacial score (nSPS) is 11.4. The minimum Gasteiger partial charge on any atom is -0.340 e. The van der Waals surface area contributed by atoms with Gasteiger partial charge in [0.25, 0.3) is 10.0 Å². The second-order valence-corrected chi connectivity index (χ2v) is 9.79. The van der Waals surface area contributed by atoms with Crippen molar-refractivity contribution in [3.63, 3.8) is 0 Å². The lowest BCUT2D eigenvalue weighted by molar-refractivity contribution is 0.601. The van der Waals surface area contributed by atoms with E-state index in [4.69, 9.17) is 0 Å². The van der Waals surface area contributed by atoms with Gasteiger partial charge < -0.3 is 5.32 Å². The van der Waals surface area contributed by atoms with Crippen LogP contribution in [0.2, 0.25) is 0 Å². The van der Waals surface area contributed by atoms with Crippen LogP contribution in [-0.4, -0.2) is 28.4 Å². The van der Waals surface area contributed by atoms with Crippen LogP contribution in [0.25, 0.3) is 21.3 Å². The maximum Gasteiger partial charge on any atom is 0.264 e. The monoisotopic (exact) mass is 474 g/mol. The molecular formula is C23H18N6O2S2. The zero-order chi connectivity index (χ0) is 22.8. The number of aryl methyl sites for hydroxylation is 1. The lowest BCUT2D eigenvalue weighted by Crippen LogP contribution is -2.14. The Kier molecular flexibility index (Phi) is 5.45. The summed E-state index contributed by atoms with van der Waals surface area (Å²) in [5, 5.41) is 6.29. The third-order valence-corrected chi connectivity index (χ3v) is 7.18.